The summed E-state index contributed by atoms with van der Waals surface area (Å²) in [6.07, 6.45) is 25.0. The third kappa shape index (κ3) is 23.6. The molecule has 4 saturated carbocycles. The molecule has 2 N–H and O–H groups in total. The Kier molecular flexibility index (Phi) is 34.6. The van der Waals surface area contributed by atoms with E-state index in [1.165, 1.54) is 16.2 Å². The number of hydrogen-bond donors (Lipinski definition) is 2. The number of fused-ring (bicyclic) bond motifs is 17. The normalized spacial score (nSPS) is 31.1. The quantitative estimate of drug-likeness (QED) is 0.0889. The summed E-state index contributed by atoms with van der Waals surface area (Å²) in [7, 11) is 0. The molecular weight excluding hydrogens is 1830 g/mol. The standard InChI is InChI=1S/C33H42ClN4O5.C33H44ClN4O5.C32H41ClN3O5.3V/c1-5-20-26(17-39)38-16-28(20)42-30-24(35-23-12-11-19(34)15-25(23)36-30)10-8-6-7-9-21-22-13-18(22)14-27(21)43-32(41)37-29(31(38)40)33(2,3)4;1-6-22-26(19-39)38-18-27(22)42-29-24(35-23-15-14-21(34)17-25(23)36-29)13-9-7-8-11-20-12-10-16-33(20,5)43-31(41)37-28(30(38)40)32(2,3)4;1-6-21-26(18-37)36-17-27(21)40-29-24(34-23-13-12-20(33)14-25(23)35-29)11-9-7-8-10-19-16-32(19,5)41-28(38)15-22(30(36)39)31(2,3)4;;;/h11-12,15,18,20-22,26-29H,5-10,13-14,16H2,1-4H3,(H,37,41);14-15,17,20,22,26-28H,6-13,16,18H2,1-5H3,(H,37,41);12-14,19,21-22,26-27H,6-11,15-17H2,1-5H3;;;/q3*-1;;;/t18?,20-,21+,22?,26+,27+,28-,29+;20-,22+,26-,27+,28-,33-;19-,21+,22-,26-,27+,32-;;;/m011.../s1. The topological polar surface area (TPSA) is 320 Å². The molecule has 16 rings (SSSR count). The number of amides is 5. The van der Waals surface area contributed by atoms with Gasteiger partial charge in [0.25, 0.3) is 0 Å². The van der Waals surface area contributed by atoms with Crippen molar-refractivity contribution in [3.8, 4) is 17.6 Å². The van der Waals surface area contributed by atoms with E-state index in [1.807, 2.05) is 115 Å². The van der Waals surface area contributed by atoms with Crippen LogP contribution in [0.3, 0.4) is 0 Å². The third-order valence-corrected chi connectivity index (χ3v) is 29.7. The number of alkyl carbamates (subject to hydrolysis) is 2. The molecule has 5 amide bonds. The number of hydrogen-bond acceptors (Lipinski definition) is 21. The molecule has 3 radical (unpaired) electrons. The first-order valence-corrected chi connectivity index (χ1v) is 47.7. The second kappa shape index (κ2) is 43.4. The van der Waals surface area contributed by atoms with Crippen LogP contribution < -0.4 is 24.8 Å². The summed E-state index contributed by atoms with van der Waals surface area (Å²) < 4.78 is 37.8. The number of carbonyl (C=O) groups excluding carboxylic acids is 9. The van der Waals surface area contributed by atoms with Crippen LogP contribution in [-0.4, -0.2) is 185 Å². The molecule has 3 saturated heterocycles. The number of benzene rings is 3. The number of aromatic nitrogens is 6. The van der Waals surface area contributed by atoms with Gasteiger partial charge >= 0.3 is 18.2 Å². The van der Waals surface area contributed by atoms with Gasteiger partial charge in [-0.25, -0.2) is 58.4 Å². The summed E-state index contributed by atoms with van der Waals surface area (Å²) in [6.45, 7) is 27.7. The first-order valence-electron chi connectivity index (χ1n) is 46.5. The molecule has 3 aromatic carbocycles. The van der Waals surface area contributed by atoms with Crippen molar-refractivity contribution < 1.29 is 127 Å². The van der Waals surface area contributed by atoms with Crippen LogP contribution in [0.15, 0.2) is 54.6 Å². The van der Waals surface area contributed by atoms with Crippen LogP contribution in [-0.2, 0) is 123 Å². The fourth-order valence-electron chi connectivity index (χ4n) is 21.3. The minimum absolute atomic E-state index is 0. The molecule has 6 aliphatic heterocycles. The number of halogens is 3. The fourth-order valence-corrected chi connectivity index (χ4v) is 21.8. The van der Waals surface area contributed by atoms with Gasteiger partial charge in [-0.2, -0.15) is 0 Å². The Bertz CT molecular complexity index is 4980. The molecule has 2 unspecified atom stereocenters. The van der Waals surface area contributed by atoms with Crippen molar-refractivity contribution in [1.82, 2.24) is 55.2 Å². The zero-order valence-electron chi connectivity index (χ0n) is 77.5. The Hall–Kier alpha value is -6.87. The van der Waals surface area contributed by atoms with E-state index in [-0.39, 0.29) is 135 Å². The molecule has 3 aromatic heterocycles. The van der Waals surface area contributed by atoms with E-state index in [4.69, 9.17) is 93.1 Å². The molecule has 32 heteroatoms. The van der Waals surface area contributed by atoms with Crippen molar-refractivity contribution in [2.45, 2.75) is 323 Å². The van der Waals surface area contributed by atoms with Gasteiger partial charge in [0.1, 0.15) is 64.8 Å². The maximum atomic E-state index is 14.2. The van der Waals surface area contributed by atoms with E-state index in [1.54, 1.807) is 41.3 Å². The molecule has 20 atom stereocenters. The summed E-state index contributed by atoms with van der Waals surface area (Å²) in [6, 6.07) is 12.1. The number of aryl methyl sites for hydroxylation is 3. The maximum absolute atomic E-state index is 14.2. The Balaban J connectivity index is 0.000000186. The molecule has 7 fully saturated rings. The van der Waals surface area contributed by atoms with Crippen LogP contribution in [0.1, 0.15) is 255 Å². The monoisotopic (exact) mass is 1960 g/mol. The SMILES string of the molecule is CC[C@@H]1[C@@H]2CN(C(=O)[C@H](C(C)(C)C)CC(=O)O[C@]3(C)C[C@H]3CCCCCc3nc4ccc(Cl)cc4nc3O2)[C@@H]1[C-]=O.CC[C@@H]1[C@@H]2CN(C(=O)[C@H](C(C)(C)C)NC(=O)O[C@@H]3CC4CC4[C@H]3CCCCCc3nc4ccc(Cl)cc4nc3O2)[C@@H]1[C-]=O.CC[C@@H]1[C@@H]2CN(C(=O)[C@H](C(C)(C)C)NC(=O)O[C@]3(C)CCC[C@H]3CCCCCc3nc4ccc(Cl)cc4nc3O2)[C@@H]1[C-]=O.[V].[V].[V]. The average molecular weight is 1960 g/mol. The van der Waals surface area contributed by atoms with Crippen molar-refractivity contribution in [1.29, 1.82) is 0 Å². The minimum Gasteiger partial charge on any atom is -0.540 e. The second-order valence-corrected chi connectivity index (χ2v) is 42.3. The Morgan fingerprint density at radius 3 is 1.22 bits per heavy atom. The first-order chi connectivity index (χ1) is 60.4. The average Bonchev–Trinajstić information content (AvgIpc) is 1.27. The Labute approximate surface area is 815 Å². The number of nitrogens with one attached hydrogen (secondary N) is 2. The molecular formula is C98H127Cl3N11O15V3-3. The smallest absolute Gasteiger partial charge is 0.408 e. The summed E-state index contributed by atoms with van der Waals surface area (Å²) in [4.78, 5) is 153. The molecule has 9 heterocycles. The van der Waals surface area contributed by atoms with Gasteiger partial charge in [0, 0.05) is 76.7 Å². The minimum atomic E-state index is -0.910. The molecule has 6 bridgehead atoms. The van der Waals surface area contributed by atoms with E-state index in [2.05, 4.69) is 29.5 Å². The number of carbonyl (C=O) groups is 6. The van der Waals surface area contributed by atoms with Crippen LogP contribution in [0, 0.1) is 69.5 Å². The summed E-state index contributed by atoms with van der Waals surface area (Å²) in [5.41, 5.74) is 3.59. The van der Waals surface area contributed by atoms with E-state index in [0.29, 0.717) is 111 Å². The van der Waals surface area contributed by atoms with Crippen LogP contribution >= 0.6 is 34.8 Å². The molecule has 130 heavy (non-hydrogen) atoms. The van der Waals surface area contributed by atoms with Gasteiger partial charge in [-0.1, -0.05) is 194 Å². The van der Waals surface area contributed by atoms with Crippen LogP contribution in [0.4, 0.5) is 9.59 Å². The predicted molar refractivity (Wildman–Crippen MR) is 483 cm³/mol. The van der Waals surface area contributed by atoms with Crippen LogP contribution in [0.25, 0.3) is 33.1 Å². The molecule has 10 aliphatic rings. The maximum Gasteiger partial charge on any atom is 0.408 e. The van der Waals surface area contributed by atoms with Crippen molar-refractivity contribution in [3.63, 3.8) is 0 Å². The van der Waals surface area contributed by atoms with E-state index in [0.717, 1.165) is 143 Å². The first kappa shape index (κ1) is 104. The number of nitrogens with zero attached hydrogens (tertiary/aromatic N) is 9. The van der Waals surface area contributed by atoms with Gasteiger partial charge in [-0.05, 0) is 222 Å². The van der Waals surface area contributed by atoms with Gasteiger partial charge in [-0.3, -0.25) is 19.2 Å². The number of esters is 1. The number of ether oxygens (including phenoxy) is 6. The fraction of sp³-hybridized carbons (Fsp3) is 0.663. The molecule has 703 valence electrons. The summed E-state index contributed by atoms with van der Waals surface area (Å²) >= 11 is 18.8. The van der Waals surface area contributed by atoms with Crippen molar-refractivity contribution >= 4 is 123 Å². The van der Waals surface area contributed by atoms with Gasteiger partial charge in [0.2, 0.25) is 35.4 Å². The largest absolute Gasteiger partial charge is 0.540 e. The summed E-state index contributed by atoms with van der Waals surface area (Å²) in [5, 5.41) is 7.46. The summed E-state index contributed by atoms with van der Waals surface area (Å²) in [5.74, 6) is 0.613. The third-order valence-electron chi connectivity index (χ3n) is 29.0. The van der Waals surface area contributed by atoms with E-state index in [9.17, 15) is 43.2 Å². The molecule has 0 spiro atoms. The molecule has 26 nitrogen and oxygen atoms in total. The second-order valence-electron chi connectivity index (χ2n) is 41.0. The van der Waals surface area contributed by atoms with E-state index >= 15 is 0 Å². The zero-order valence-corrected chi connectivity index (χ0v) is 84.0. The number of rotatable bonds is 6. The van der Waals surface area contributed by atoms with Crippen molar-refractivity contribution in [2.24, 2.45) is 69.5 Å². The van der Waals surface area contributed by atoms with Crippen molar-refractivity contribution in [2.75, 3.05) is 19.6 Å². The van der Waals surface area contributed by atoms with Crippen LogP contribution in [0.5, 0.6) is 17.6 Å². The van der Waals surface area contributed by atoms with Gasteiger partial charge in [0.05, 0.1) is 65.1 Å². The Morgan fingerprint density at radius 1 is 0.431 bits per heavy atom. The van der Waals surface area contributed by atoms with Gasteiger partial charge in [-0.15, -0.1) is 0 Å². The van der Waals surface area contributed by atoms with Crippen LogP contribution in [0.2, 0.25) is 15.1 Å². The zero-order chi connectivity index (χ0) is 90.9. The Morgan fingerprint density at radius 2 is 0.823 bits per heavy atom. The van der Waals surface area contributed by atoms with Crippen molar-refractivity contribution in [3.05, 3.63) is 86.7 Å². The predicted octanol–water partition coefficient (Wildman–Crippen LogP) is 17.7. The molecule has 4 aliphatic carbocycles. The van der Waals surface area contributed by atoms with Gasteiger partial charge in [0.15, 0.2) is 0 Å². The van der Waals surface area contributed by atoms with E-state index < -0.39 is 94.1 Å². The van der Waals surface area contributed by atoms with Gasteiger partial charge < -0.3 is 68.1 Å². The molecule has 6 aromatic rings.